The van der Waals surface area contributed by atoms with Gasteiger partial charge in [0.2, 0.25) is 10.0 Å². The predicted octanol–water partition coefficient (Wildman–Crippen LogP) is 1.33. The molecule has 7 heteroatoms. The Morgan fingerprint density at radius 1 is 1.24 bits per heavy atom. The van der Waals surface area contributed by atoms with E-state index in [4.69, 9.17) is 0 Å². The molecule has 0 aromatic heterocycles. The molecule has 0 saturated heterocycles. The van der Waals surface area contributed by atoms with Gasteiger partial charge in [-0.2, -0.15) is 0 Å². The van der Waals surface area contributed by atoms with Crippen LogP contribution >= 0.6 is 24.2 Å². The second-order valence-electron chi connectivity index (χ2n) is 3.15. The first-order chi connectivity index (χ1) is 7.61. The average molecular weight is 297 g/mol. The fourth-order valence-electron chi connectivity index (χ4n) is 1.23. The van der Waals surface area contributed by atoms with Crippen LogP contribution in [-0.4, -0.2) is 34.8 Å². The Kier molecular flexibility index (Phi) is 7.82. The lowest BCUT2D eigenvalue weighted by molar-refractivity contribution is 0.577. The lowest BCUT2D eigenvalue weighted by atomic mass is 10.4. The Bertz CT molecular complexity index is 438. The second kappa shape index (κ2) is 7.94. The minimum Gasteiger partial charge on any atom is -0.318 e. The van der Waals surface area contributed by atoms with Crippen molar-refractivity contribution in [3.05, 3.63) is 24.3 Å². The molecule has 0 heterocycles. The van der Waals surface area contributed by atoms with Gasteiger partial charge in [0.05, 0.1) is 4.90 Å². The molecule has 1 aromatic carbocycles. The number of rotatable bonds is 6. The largest absolute Gasteiger partial charge is 0.318 e. The number of thioether (sulfide) groups is 1. The zero-order chi connectivity index (χ0) is 12.0. The van der Waals surface area contributed by atoms with Crippen LogP contribution in [0.4, 0.5) is 0 Å². The average Bonchev–Trinajstić information content (AvgIpc) is 2.29. The number of nitrogens with one attached hydrogen (secondary N) is 2. The topological polar surface area (TPSA) is 58.2 Å². The van der Waals surface area contributed by atoms with Crippen molar-refractivity contribution in [1.29, 1.82) is 0 Å². The molecule has 4 nitrogen and oxygen atoms in total. The number of hydrogen-bond acceptors (Lipinski definition) is 4. The summed E-state index contributed by atoms with van der Waals surface area (Å²) in [6.07, 6.45) is 1.86. The van der Waals surface area contributed by atoms with Crippen LogP contribution in [0.3, 0.4) is 0 Å². The Hall–Kier alpha value is -0.270. The smallest absolute Gasteiger partial charge is 0.241 e. The molecular weight excluding hydrogens is 280 g/mol. The van der Waals surface area contributed by atoms with Crippen LogP contribution in [0.2, 0.25) is 0 Å². The first kappa shape index (κ1) is 16.7. The van der Waals surface area contributed by atoms with Gasteiger partial charge in [-0.3, -0.25) is 0 Å². The van der Waals surface area contributed by atoms with Crippen LogP contribution in [0.5, 0.6) is 0 Å². The Morgan fingerprint density at radius 3 is 2.47 bits per heavy atom. The Balaban J connectivity index is 0.00000256. The summed E-state index contributed by atoms with van der Waals surface area (Å²) in [6.45, 7) is 1.00. The summed E-state index contributed by atoms with van der Waals surface area (Å²) >= 11 is 1.43. The molecule has 0 fully saturated rings. The van der Waals surface area contributed by atoms with Crippen LogP contribution in [-0.2, 0) is 10.0 Å². The zero-order valence-electron chi connectivity index (χ0n) is 9.76. The Labute approximate surface area is 113 Å². The van der Waals surface area contributed by atoms with Crippen LogP contribution in [0, 0.1) is 0 Å². The molecule has 98 valence electrons. The van der Waals surface area contributed by atoms with Crippen LogP contribution in [0.1, 0.15) is 0 Å². The number of likely N-dealkylation sites (N-methyl/N-ethyl adjacent to an activating group) is 1. The van der Waals surface area contributed by atoms with Crippen molar-refractivity contribution in [1.82, 2.24) is 10.0 Å². The highest BCUT2D eigenvalue weighted by molar-refractivity contribution is 7.99. The highest BCUT2D eigenvalue weighted by atomic mass is 35.5. The van der Waals surface area contributed by atoms with E-state index in [1.165, 1.54) is 11.8 Å². The molecule has 0 aliphatic carbocycles. The summed E-state index contributed by atoms with van der Waals surface area (Å²) in [5, 5.41) is 2.89. The monoisotopic (exact) mass is 296 g/mol. The van der Waals surface area contributed by atoms with E-state index in [-0.39, 0.29) is 12.4 Å². The minimum absolute atomic E-state index is 0. The molecule has 1 aromatic rings. The second-order valence-corrected chi connectivity index (χ2v) is 5.74. The minimum atomic E-state index is -3.39. The van der Waals surface area contributed by atoms with E-state index in [1.807, 2.05) is 12.3 Å². The van der Waals surface area contributed by atoms with Crippen molar-refractivity contribution < 1.29 is 8.42 Å². The van der Waals surface area contributed by atoms with E-state index in [9.17, 15) is 8.42 Å². The van der Waals surface area contributed by atoms with E-state index in [2.05, 4.69) is 10.0 Å². The fourth-order valence-corrected chi connectivity index (χ4v) is 3.41. The molecule has 0 aliphatic heterocycles. The molecule has 0 spiro atoms. The molecular formula is C10H17ClN2O2S2. The van der Waals surface area contributed by atoms with Crippen molar-refractivity contribution in [2.24, 2.45) is 0 Å². The normalized spacial score (nSPS) is 10.9. The van der Waals surface area contributed by atoms with Crippen molar-refractivity contribution in [2.45, 2.75) is 9.79 Å². The molecule has 0 unspecified atom stereocenters. The van der Waals surface area contributed by atoms with Gasteiger partial charge in [0.1, 0.15) is 0 Å². The Morgan fingerprint density at radius 2 is 1.88 bits per heavy atom. The van der Waals surface area contributed by atoms with Crippen molar-refractivity contribution in [3.63, 3.8) is 0 Å². The highest BCUT2D eigenvalue weighted by Gasteiger charge is 2.16. The quantitative estimate of drug-likeness (QED) is 0.614. The van der Waals surface area contributed by atoms with Crippen LogP contribution < -0.4 is 10.0 Å². The van der Waals surface area contributed by atoms with E-state index >= 15 is 0 Å². The summed E-state index contributed by atoms with van der Waals surface area (Å²) < 4.78 is 26.4. The third-order valence-electron chi connectivity index (χ3n) is 2.03. The van der Waals surface area contributed by atoms with E-state index in [0.717, 1.165) is 4.90 Å². The highest BCUT2D eigenvalue weighted by Crippen LogP contribution is 2.23. The number of benzene rings is 1. The molecule has 0 aliphatic rings. The van der Waals surface area contributed by atoms with Crippen molar-refractivity contribution in [3.8, 4) is 0 Å². The van der Waals surface area contributed by atoms with Gasteiger partial charge in [-0.1, -0.05) is 12.1 Å². The molecule has 2 N–H and O–H groups in total. The molecule has 17 heavy (non-hydrogen) atoms. The maximum Gasteiger partial charge on any atom is 0.241 e. The lowest BCUT2D eigenvalue weighted by Crippen LogP contribution is -2.30. The maximum atomic E-state index is 11.9. The van der Waals surface area contributed by atoms with Gasteiger partial charge >= 0.3 is 0 Å². The van der Waals surface area contributed by atoms with Gasteiger partial charge in [0, 0.05) is 18.0 Å². The number of sulfonamides is 1. The van der Waals surface area contributed by atoms with Gasteiger partial charge in [-0.05, 0) is 25.4 Å². The van der Waals surface area contributed by atoms with Gasteiger partial charge in [-0.25, -0.2) is 13.1 Å². The third kappa shape index (κ3) is 4.85. The van der Waals surface area contributed by atoms with E-state index < -0.39 is 10.0 Å². The molecule has 0 atom stereocenters. The molecule has 0 bridgehead atoms. The molecule has 0 amide bonds. The molecule has 0 radical (unpaired) electrons. The first-order valence-corrected chi connectivity index (χ1v) is 7.60. The summed E-state index contributed by atoms with van der Waals surface area (Å²) in [5.74, 6) is 0. The van der Waals surface area contributed by atoms with Gasteiger partial charge in [0.15, 0.2) is 0 Å². The zero-order valence-corrected chi connectivity index (χ0v) is 12.2. The number of halogens is 1. The standard InChI is InChI=1S/C10H16N2O2S2.ClH/c1-11-7-8-12-16(13,14)10-6-4-3-5-9(10)15-2;/h3-6,11-12H,7-8H2,1-2H3;1H. The summed E-state index contributed by atoms with van der Waals surface area (Å²) in [7, 11) is -1.60. The summed E-state index contributed by atoms with van der Waals surface area (Å²) in [5.41, 5.74) is 0. The van der Waals surface area contributed by atoms with Crippen LogP contribution in [0.15, 0.2) is 34.1 Å². The molecule has 1 rings (SSSR count). The van der Waals surface area contributed by atoms with Gasteiger partial charge in [0.25, 0.3) is 0 Å². The third-order valence-corrected chi connectivity index (χ3v) is 4.47. The number of hydrogen-bond donors (Lipinski definition) is 2. The van der Waals surface area contributed by atoms with Gasteiger partial charge < -0.3 is 5.32 Å². The van der Waals surface area contributed by atoms with Crippen LogP contribution in [0.25, 0.3) is 0 Å². The molecule has 0 saturated carbocycles. The van der Waals surface area contributed by atoms with E-state index in [0.29, 0.717) is 18.0 Å². The van der Waals surface area contributed by atoms with Crippen molar-refractivity contribution in [2.75, 3.05) is 26.4 Å². The fraction of sp³-hybridized carbons (Fsp3) is 0.400. The van der Waals surface area contributed by atoms with Crippen molar-refractivity contribution >= 4 is 34.2 Å². The summed E-state index contributed by atoms with van der Waals surface area (Å²) in [6, 6.07) is 6.98. The first-order valence-electron chi connectivity index (χ1n) is 4.89. The SMILES string of the molecule is CNCCNS(=O)(=O)c1ccccc1SC.Cl. The lowest BCUT2D eigenvalue weighted by Gasteiger charge is -2.09. The van der Waals surface area contributed by atoms with Gasteiger partial charge in [-0.15, -0.1) is 24.2 Å². The summed E-state index contributed by atoms with van der Waals surface area (Å²) in [4.78, 5) is 1.11. The maximum absolute atomic E-state index is 11.9. The predicted molar refractivity (Wildman–Crippen MR) is 74.6 cm³/mol. The van der Waals surface area contributed by atoms with E-state index in [1.54, 1.807) is 25.2 Å².